The number of H-pyrrole nitrogens is 1. The Morgan fingerprint density at radius 3 is 3.00 bits per heavy atom. The second kappa shape index (κ2) is 6.78. The first-order valence-corrected chi connectivity index (χ1v) is 10.7. The van der Waals surface area contributed by atoms with Gasteiger partial charge in [-0.25, -0.2) is 4.98 Å². The van der Waals surface area contributed by atoms with Gasteiger partial charge in [0.1, 0.15) is 5.52 Å². The average Bonchev–Trinajstić information content (AvgIpc) is 3.39. The van der Waals surface area contributed by atoms with Gasteiger partial charge in [-0.3, -0.25) is 4.79 Å². The van der Waals surface area contributed by atoms with Gasteiger partial charge >= 0.3 is 0 Å². The molecular weight excluding hydrogens is 358 g/mol. The van der Waals surface area contributed by atoms with Crippen molar-refractivity contribution in [3.63, 3.8) is 0 Å². The highest BCUT2D eigenvalue weighted by Crippen LogP contribution is 2.49. The molecule has 2 aliphatic rings. The largest absolute Gasteiger partial charge is 0.353 e. The number of carbonyl (C=O) groups excluding carboxylic acids is 1. The van der Waals surface area contributed by atoms with Crippen LogP contribution in [0.3, 0.4) is 0 Å². The Bertz CT molecular complexity index is 1000. The average molecular weight is 382 g/mol. The Morgan fingerprint density at radius 2 is 2.19 bits per heavy atom. The number of fused-ring (bicyclic) bond motifs is 5. The summed E-state index contributed by atoms with van der Waals surface area (Å²) in [6.07, 6.45) is 5.37. The number of thioether (sulfide) groups is 1. The minimum atomic E-state index is 0.0515. The SMILES string of the molecule is C[C@H](NC(=O)CSc1nnc2c(n1)[nH]c1ccccc12)[C@@H]1C[C@H]2CC[C@@H]1C2. The van der Waals surface area contributed by atoms with Crippen LogP contribution in [0.2, 0.25) is 0 Å². The van der Waals surface area contributed by atoms with E-state index in [2.05, 4.69) is 32.4 Å². The molecular formula is C20H23N5OS. The van der Waals surface area contributed by atoms with Gasteiger partial charge in [-0.1, -0.05) is 36.4 Å². The summed E-state index contributed by atoms with van der Waals surface area (Å²) in [5.74, 6) is 2.73. The van der Waals surface area contributed by atoms with Crippen molar-refractivity contribution in [3.05, 3.63) is 24.3 Å². The van der Waals surface area contributed by atoms with Crippen LogP contribution in [-0.2, 0) is 4.79 Å². The number of benzene rings is 1. The number of hydrogen-bond donors (Lipinski definition) is 2. The van der Waals surface area contributed by atoms with Crippen LogP contribution < -0.4 is 5.32 Å². The first kappa shape index (κ1) is 17.0. The Hall–Kier alpha value is -2.15. The van der Waals surface area contributed by atoms with E-state index in [4.69, 9.17) is 0 Å². The minimum Gasteiger partial charge on any atom is -0.353 e. The number of amides is 1. The van der Waals surface area contributed by atoms with Crippen molar-refractivity contribution in [2.24, 2.45) is 17.8 Å². The van der Waals surface area contributed by atoms with Crippen molar-refractivity contribution < 1.29 is 4.79 Å². The maximum atomic E-state index is 12.4. The lowest BCUT2D eigenvalue weighted by molar-refractivity contribution is -0.119. The predicted octanol–water partition coefficient (Wildman–Crippen LogP) is 3.54. The molecule has 3 aromatic rings. The molecule has 2 aromatic heterocycles. The standard InChI is InChI=1S/C20H23N5OS/c1-11(15-9-12-6-7-13(15)8-12)21-17(26)10-27-20-23-19-18(24-25-20)14-4-2-3-5-16(14)22-19/h2-5,11-13,15H,6-10H2,1H3,(H,21,26)(H,22,23,25)/t11-,12-,13+,15-/m0/s1. The van der Waals surface area contributed by atoms with Gasteiger partial charge in [0.15, 0.2) is 5.65 Å². The van der Waals surface area contributed by atoms with Crippen molar-refractivity contribution in [2.75, 3.05) is 5.75 Å². The van der Waals surface area contributed by atoms with E-state index in [0.29, 0.717) is 22.5 Å². The molecule has 0 radical (unpaired) electrons. The van der Waals surface area contributed by atoms with Gasteiger partial charge in [-0.2, -0.15) is 0 Å². The van der Waals surface area contributed by atoms with Crippen LogP contribution in [0.1, 0.15) is 32.6 Å². The number of hydrogen-bond acceptors (Lipinski definition) is 5. The van der Waals surface area contributed by atoms with Gasteiger partial charge in [0.05, 0.1) is 5.75 Å². The van der Waals surface area contributed by atoms with Crippen LogP contribution in [0.25, 0.3) is 22.1 Å². The summed E-state index contributed by atoms with van der Waals surface area (Å²) in [6, 6.07) is 8.20. The predicted molar refractivity (Wildman–Crippen MR) is 106 cm³/mol. The number of rotatable bonds is 5. The summed E-state index contributed by atoms with van der Waals surface area (Å²) in [4.78, 5) is 20.2. The molecule has 2 N–H and O–H groups in total. The normalized spacial score (nSPS) is 25.3. The van der Waals surface area contributed by atoms with Crippen LogP contribution in [0, 0.1) is 17.8 Å². The summed E-state index contributed by atoms with van der Waals surface area (Å²) in [5, 5.41) is 13.2. The molecule has 4 atom stereocenters. The van der Waals surface area contributed by atoms with Crippen LogP contribution in [0.15, 0.2) is 29.4 Å². The summed E-state index contributed by atoms with van der Waals surface area (Å²) < 4.78 is 0. The number of nitrogens with one attached hydrogen (secondary N) is 2. The van der Waals surface area contributed by atoms with Gasteiger partial charge in [0.2, 0.25) is 11.1 Å². The zero-order chi connectivity index (χ0) is 18.4. The molecule has 5 rings (SSSR count). The fraction of sp³-hybridized carbons (Fsp3) is 0.500. The van der Waals surface area contributed by atoms with Crippen LogP contribution in [-0.4, -0.2) is 37.9 Å². The van der Waals surface area contributed by atoms with Crippen LogP contribution in [0.5, 0.6) is 0 Å². The summed E-state index contributed by atoms with van der Waals surface area (Å²) in [7, 11) is 0. The summed E-state index contributed by atoms with van der Waals surface area (Å²) in [6.45, 7) is 2.16. The highest BCUT2D eigenvalue weighted by Gasteiger charge is 2.42. The van der Waals surface area contributed by atoms with Crippen molar-refractivity contribution in [1.82, 2.24) is 25.5 Å². The molecule has 2 fully saturated rings. The first-order chi connectivity index (χ1) is 13.2. The van der Waals surface area contributed by atoms with Gasteiger partial charge in [0.25, 0.3) is 0 Å². The quantitative estimate of drug-likeness (QED) is 0.661. The summed E-state index contributed by atoms with van der Waals surface area (Å²) in [5.41, 5.74) is 2.47. The monoisotopic (exact) mass is 381 g/mol. The second-order valence-electron chi connectivity index (χ2n) is 7.95. The van der Waals surface area contributed by atoms with Gasteiger partial charge < -0.3 is 10.3 Å². The molecule has 0 aliphatic heterocycles. The maximum Gasteiger partial charge on any atom is 0.230 e. The van der Waals surface area contributed by atoms with Crippen LogP contribution in [0.4, 0.5) is 0 Å². The lowest BCUT2D eigenvalue weighted by atomic mass is 9.84. The number of para-hydroxylation sites is 1. The molecule has 0 saturated heterocycles. The Labute approximate surface area is 161 Å². The highest BCUT2D eigenvalue weighted by atomic mass is 32.2. The van der Waals surface area contributed by atoms with Gasteiger partial charge in [0, 0.05) is 16.9 Å². The van der Waals surface area contributed by atoms with Gasteiger partial charge in [-0.15, -0.1) is 10.2 Å². The topological polar surface area (TPSA) is 83.6 Å². The molecule has 2 aliphatic carbocycles. The zero-order valence-corrected chi connectivity index (χ0v) is 16.1. The minimum absolute atomic E-state index is 0.0515. The molecule has 1 aromatic carbocycles. The third kappa shape index (κ3) is 3.18. The first-order valence-electron chi connectivity index (χ1n) is 9.70. The Morgan fingerprint density at radius 1 is 1.30 bits per heavy atom. The number of aromatic amines is 1. The molecule has 27 heavy (non-hydrogen) atoms. The molecule has 0 unspecified atom stereocenters. The van der Waals surface area contributed by atoms with Crippen molar-refractivity contribution in [2.45, 2.75) is 43.8 Å². The lowest BCUT2D eigenvalue weighted by Gasteiger charge is -2.28. The van der Waals surface area contributed by atoms with Crippen molar-refractivity contribution in [3.8, 4) is 0 Å². The molecule has 1 amide bonds. The van der Waals surface area contributed by atoms with E-state index in [9.17, 15) is 4.79 Å². The maximum absolute atomic E-state index is 12.4. The zero-order valence-electron chi connectivity index (χ0n) is 15.3. The number of aromatic nitrogens is 4. The number of carbonyl (C=O) groups is 1. The smallest absolute Gasteiger partial charge is 0.230 e. The second-order valence-corrected chi connectivity index (χ2v) is 8.89. The lowest BCUT2D eigenvalue weighted by Crippen LogP contribution is -2.40. The Balaban J connectivity index is 1.21. The van der Waals surface area contributed by atoms with E-state index in [1.807, 2.05) is 24.3 Å². The van der Waals surface area contributed by atoms with E-state index in [1.54, 1.807) is 0 Å². The molecule has 0 spiro atoms. The molecule has 2 bridgehead atoms. The highest BCUT2D eigenvalue weighted by molar-refractivity contribution is 7.99. The van der Waals surface area contributed by atoms with E-state index >= 15 is 0 Å². The third-order valence-electron chi connectivity index (χ3n) is 6.26. The molecule has 2 saturated carbocycles. The fourth-order valence-corrected chi connectivity index (χ4v) is 5.60. The molecule has 6 nitrogen and oxygen atoms in total. The summed E-state index contributed by atoms with van der Waals surface area (Å²) >= 11 is 1.34. The van der Waals surface area contributed by atoms with Crippen LogP contribution >= 0.6 is 11.8 Å². The van der Waals surface area contributed by atoms with E-state index in [0.717, 1.165) is 28.3 Å². The fourth-order valence-electron chi connectivity index (χ4n) is 5.01. The van der Waals surface area contributed by atoms with E-state index in [-0.39, 0.29) is 11.9 Å². The van der Waals surface area contributed by atoms with E-state index in [1.165, 1.54) is 37.4 Å². The Kier molecular flexibility index (Phi) is 4.27. The molecule has 7 heteroatoms. The molecule has 140 valence electrons. The number of nitrogens with zero attached hydrogens (tertiary/aromatic N) is 3. The van der Waals surface area contributed by atoms with E-state index < -0.39 is 0 Å². The van der Waals surface area contributed by atoms with Crippen molar-refractivity contribution in [1.29, 1.82) is 0 Å². The molecule has 2 heterocycles. The van der Waals surface area contributed by atoms with Gasteiger partial charge in [-0.05, 0) is 50.0 Å². The third-order valence-corrected chi connectivity index (χ3v) is 7.10. The van der Waals surface area contributed by atoms with Crippen molar-refractivity contribution >= 4 is 39.7 Å².